The summed E-state index contributed by atoms with van der Waals surface area (Å²) in [7, 11) is 1.56. The highest BCUT2D eigenvalue weighted by atomic mass is 19.1. The zero-order chi connectivity index (χ0) is 18.0. The molecule has 0 saturated heterocycles. The molecule has 25 heavy (non-hydrogen) atoms. The Bertz CT molecular complexity index is 984. The van der Waals surface area contributed by atoms with Gasteiger partial charge in [0.05, 0.1) is 23.3 Å². The number of nitrogens with one attached hydrogen (secondary N) is 1. The van der Waals surface area contributed by atoms with Gasteiger partial charge >= 0.3 is 0 Å². The van der Waals surface area contributed by atoms with Crippen molar-refractivity contribution in [3.8, 4) is 0 Å². The van der Waals surface area contributed by atoms with Gasteiger partial charge in [0.15, 0.2) is 0 Å². The maximum atomic E-state index is 13.3. The number of amides is 1. The van der Waals surface area contributed by atoms with Crippen LogP contribution in [0.3, 0.4) is 0 Å². The van der Waals surface area contributed by atoms with Crippen molar-refractivity contribution in [2.24, 2.45) is 7.05 Å². The predicted octanol–water partition coefficient (Wildman–Crippen LogP) is 2.51. The van der Waals surface area contributed by atoms with Crippen LogP contribution in [0, 0.1) is 5.82 Å². The molecule has 3 aromatic rings. The molecule has 5 nitrogen and oxygen atoms in total. The fraction of sp³-hybridized carbons (Fsp3) is 0.167. The molecule has 128 valence electrons. The monoisotopic (exact) mass is 343 g/mol. The van der Waals surface area contributed by atoms with Crippen molar-refractivity contribution in [3.63, 3.8) is 0 Å². The van der Waals surface area contributed by atoms with Gasteiger partial charge in [-0.15, -0.1) is 0 Å². The van der Waals surface area contributed by atoms with Gasteiger partial charge in [-0.25, -0.2) is 13.8 Å². The zero-order valence-electron chi connectivity index (χ0n) is 13.4. The summed E-state index contributed by atoms with van der Waals surface area (Å²) in [6, 6.07) is 8.85. The quantitative estimate of drug-likeness (QED) is 0.792. The molecule has 0 spiro atoms. The van der Waals surface area contributed by atoms with E-state index in [1.807, 2.05) is 0 Å². The van der Waals surface area contributed by atoms with Gasteiger partial charge in [0.2, 0.25) is 0 Å². The average molecular weight is 343 g/mol. The Hall–Kier alpha value is -3.09. The highest BCUT2D eigenvalue weighted by molar-refractivity contribution is 5.98. The van der Waals surface area contributed by atoms with Gasteiger partial charge < -0.3 is 9.88 Å². The summed E-state index contributed by atoms with van der Waals surface area (Å²) in [5.41, 5.74) is 0.870. The van der Waals surface area contributed by atoms with Gasteiger partial charge in [0.25, 0.3) is 11.5 Å². The van der Waals surface area contributed by atoms with Crippen molar-refractivity contribution >= 4 is 16.8 Å². The van der Waals surface area contributed by atoms with E-state index in [0.29, 0.717) is 16.5 Å². The Balaban J connectivity index is 1.89. The molecule has 0 saturated carbocycles. The van der Waals surface area contributed by atoms with Gasteiger partial charge in [0.1, 0.15) is 12.5 Å². The van der Waals surface area contributed by atoms with E-state index in [9.17, 15) is 18.4 Å². The normalized spacial score (nSPS) is 12.1. The fourth-order valence-electron chi connectivity index (χ4n) is 2.50. The van der Waals surface area contributed by atoms with Crippen LogP contribution in [0.4, 0.5) is 8.78 Å². The van der Waals surface area contributed by atoms with E-state index in [-0.39, 0.29) is 11.1 Å². The first-order valence-electron chi connectivity index (χ1n) is 7.57. The third-order valence-corrected chi connectivity index (χ3v) is 3.91. The number of hydrogen-bond acceptors (Lipinski definition) is 3. The first kappa shape index (κ1) is 16.8. The van der Waals surface area contributed by atoms with Gasteiger partial charge in [0, 0.05) is 12.6 Å². The second-order valence-electron chi connectivity index (χ2n) is 5.62. The van der Waals surface area contributed by atoms with E-state index in [1.165, 1.54) is 47.3 Å². The van der Waals surface area contributed by atoms with Crippen LogP contribution < -0.4 is 10.9 Å². The third kappa shape index (κ3) is 3.40. The van der Waals surface area contributed by atoms with Crippen LogP contribution in [0.2, 0.25) is 0 Å². The topological polar surface area (TPSA) is 64.0 Å². The maximum absolute atomic E-state index is 13.3. The van der Waals surface area contributed by atoms with Crippen molar-refractivity contribution in [1.82, 2.24) is 14.9 Å². The molecule has 0 aliphatic rings. The number of fused-ring (bicyclic) bond motifs is 1. The van der Waals surface area contributed by atoms with Crippen LogP contribution in [0.25, 0.3) is 10.9 Å². The summed E-state index contributed by atoms with van der Waals surface area (Å²) < 4.78 is 27.6. The molecular weight excluding hydrogens is 328 g/mol. The molecule has 1 N–H and O–H groups in total. The number of nitrogens with zero attached hydrogens (tertiary/aromatic N) is 2. The summed E-state index contributed by atoms with van der Waals surface area (Å²) in [5, 5.41) is 2.85. The number of carbonyl (C=O) groups is 1. The highest BCUT2D eigenvalue weighted by Crippen LogP contribution is 2.16. The van der Waals surface area contributed by atoms with Crippen LogP contribution in [0.5, 0.6) is 0 Å². The first-order chi connectivity index (χ1) is 12.0. The number of halogens is 2. The molecule has 3 rings (SSSR count). The molecule has 1 unspecified atom stereocenters. The number of carbonyl (C=O) groups excluding carboxylic acids is 1. The first-order valence-corrected chi connectivity index (χ1v) is 7.57. The minimum absolute atomic E-state index is 0.221. The standard InChI is InChI=1S/C18H15F2N3O2/c1-23-10-21-15-7-4-12(8-14(15)18(23)25)17(24)22-16(9-19)11-2-5-13(20)6-3-11/h2-8,10,16H,9H2,1H3,(H,22,24). The number of aromatic nitrogens is 2. The molecule has 0 bridgehead atoms. The van der Waals surface area contributed by atoms with E-state index in [1.54, 1.807) is 13.1 Å². The van der Waals surface area contributed by atoms with E-state index >= 15 is 0 Å². The Morgan fingerprint density at radius 3 is 2.64 bits per heavy atom. The summed E-state index contributed by atoms with van der Waals surface area (Å²) in [6.07, 6.45) is 1.40. The highest BCUT2D eigenvalue weighted by Gasteiger charge is 2.16. The minimum atomic E-state index is -0.902. The maximum Gasteiger partial charge on any atom is 0.260 e. The van der Waals surface area contributed by atoms with Crippen LogP contribution in [0.15, 0.2) is 53.6 Å². The molecule has 0 aliphatic carbocycles. The van der Waals surface area contributed by atoms with Crippen LogP contribution >= 0.6 is 0 Å². The van der Waals surface area contributed by atoms with Gasteiger partial charge in [-0.3, -0.25) is 9.59 Å². The molecule has 1 atom stereocenters. The Morgan fingerprint density at radius 1 is 1.24 bits per heavy atom. The number of benzene rings is 2. The lowest BCUT2D eigenvalue weighted by Crippen LogP contribution is -2.30. The van der Waals surface area contributed by atoms with Crippen molar-refractivity contribution in [3.05, 3.63) is 76.1 Å². The van der Waals surface area contributed by atoms with Crippen molar-refractivity contribution in [2.75, 3.05) is 6.67 Å². The molecule has 0 radical (unpaired) electrons. The van der Waals surface area contributed by atoms with Crippen molar-refractivity contribution in [1.29, 1.82) is 0 Å². The molecule has 1 heterocycles. The molecule has 0 fully saturated rings. The third-order valence-electron chi connectivity index (χ3n) is 3.91. The molecule has 1 amide bonds. The van der Waals surface area contributed by atoms with E-state index in [4.69, 9.17) is 0 Å². The van der Waals surface area contributed by atoms with Crippen LogP contribution in [-0.4, -0.2) is 22.1 Å². The number of alkyl halides is 1. The number of hydrogen-bond donors (Lipinski definition) is 1. The zero-order valence-corrected chi connectivity index (χ0v) is 13.4. The van der Waals surface area contributed by atoms with E-state index in [0.717, 1.165) is 0 Å². The summed E-state index contributed by atoms with van der Waals surface area (Å²) in [4.78, 5) is 28.7. The van der Waals surface area contributed by atoms with Crippen molar-refractivity contribution in [2.45, 2.75) is 6.04 Å². The van der Waals surface area contributed by atoms with Crippen molar-refractivity contribution < 1.29 is 13.6 Å². The fourth-order valence-corrected chi connectivity index (χ4v) is 2.50. The van der Waals surface area contributed by atoms with Gasteiger partial charge in [-0.1, -0.05) is 12.1 Å². The van der Waals surface area contributed by atoms with E-state index < -0.39 is 24.4 Å². The molecule has 1 aromatic heterocycles. The summed E-state index contributed by atoms with van der Waals surface area (Å²) >= 11 is 0. The SMILES string of the molecule is Cn1cnc2ccc(C(=O)NC(CF)c3ccc(F)cc3)cc2c1=O. The molecular formula is C18H15F2N3O2. The minimum Gasteiger partial charge on any atom is -0.343 e. The molecule has 2 aromatic carbocycles. The largest absolute Gasteiger partial charge is 0.343 e. The van der Waals surface area contributed by atoms with Crippen LogP contribution in [0.1, 0.15) is 22.0 Å². The number of rotatable bonds is 4. The lowest BCUT2D eigenvalue weighted by atomic mass is 10.1. The summed E-state index contributed by atoms with van der Waals surface area (Å²) in [6.45, 7) is -0.839. The van der Waals surface area contributed by atoms with Gasteiger partial charge in [-0.2, -0.15) is 0 Å². The lowest BCUT2D eigenvalue weighted by molar-refractivity contribution is 0.0930. The summed E-state index contributed by atoms with van der Waals surface area (Å²) in [5.74, 6) is -0.967. The smallest absolute Gasteiger partial charge is 0.260 e. The number of aryl methyl sites for hydroxylation is 1. The predicted molar refractivity (Wildman–Crippen MR) is 89.6 cm³/mol. The molecule has 7 heteroatoms. The van der Waals surface area contributed by atoms with Gasteiger partial charge in [-0.05, 0) is 35.9 Å². The lowest BCUT2D eigenvalue weighted by Gasteiger charge is -2.16. The van der Waals surface area contributed by atoms with E-state index in [2.05, 4.69) is 10.3 Å². The average Bonchev–Trinajstić information content (AvgIpc) is 2.63. The second-order valence-corrected chi connectivity index (χ2v) is 5.62. The Labute approximate surface area is 141 Å². The Morgan fingerprint density at radius 2 is 1.96 bits per heavy atom. The molecule has 0 aliphatic heterocycles. The Kier molecular flexibility index (Phi) is 4.56. The van der Waals surface area contributed by atoms with Crippen LogP contribution in [-0.2, 0) is 7.05 Å². The second kappa shape index (κ2) is 6.80.